The number of hydrogen-bond acceptors (Lipinski definition) is 4. The van der Waals surface area contributed by atoms with Crippen LogP contribution >= 0.6 is 12.2 Å². The van der Waals surface area contributed by atoms with Crippen molar-refractivity contribution in [3.63, 3.8) is 0 Å². The molecule has 0 bridgehead atoms. The summed E-state index contributed by atoms with van der Waals surface area (Å²) in [6.07, 6.45) is 1.91. The lowest BCUT2D eigenvalue weighted by Gasteiger charge is -2.10. The van der Waals surface area contributed by atoms with Crippen molar-refractivity contribution in [1.29, 1.82) is 0 Å². The number of nitrogens with two attached hydrogens (primary N) is 1. The molecule has 106 valence electrons. The van der Waals surface area contributed by atoms with Crippen molar-refractivity contribution in [2.75, 3.05) is 4.72 Å². The number of imidazole rings is 1. The van der Waals surface area contributed by atoms with Gasteiger partial charge in [-0.05, 0) is 12.1 Å². The molecule has 0 aliphatic carbocycles. The van der Waals surface area contributed by atoms with Gasteiger partial charge >= 0.3 is 0 Å². The molecule has 20 heavy (non-hydrogen) atoms. The lowest BCUT2D eigenvalue weighted by Crippen LogP contribution is -2.18. The van der Waals surface area contributed by atoms with Gasteiger partial charge in [0.2, 0.25) is 0 Å². The van der Waals surface area contributed by atoms with E-state index in [9.17, 15) is 8.42 Å². The van der Waals surface area contributed by atoms with Crippen LogP contribution in [0.4, 0.5) is 5.69 Å². The molecule has 0 radical (unpaired) electrons. The van der Waals surface area contributed by atoms with Gasteiger partial charge in [-0.15, -0.1) is 0 Å². The van der Waals surface area contributed by atoms with Crippen molar-refractivity contribution in [3.8, 4) is 0 Å². The third-order valence-electron chi connectivity index (χ3n) is 2.67. The number of aryl methyl sites for hydroxylation is 1. The average molecular weight is 310 g/mol. The van der Waals surface area contributed by atoms with Crippen LogP contribution in [0, 0.1) is 0 Å². The molecule has 0 spiro atoms. The highest BCUT2D eigenvalue weighted by atomic mass is 32.2. The summed E-state index contributed by atoms with van der Waals surface area (Å²) in [4.78, 5) is 6.85. The molecule has 1 aromatic carbocycles. The molecule has 6 nitrogen and oxygen atoms in total. The first kappa shape index (κ1) is 14.5. The molecule has 1 aromatic heterocycles. The molecule has 0 saturated heterocycles. The minimum absolute atomic E-state index is 0.00657. The van der Waals surface area contributed by atoms with Gasteiger partial charge in [-0.25, -0.2) is 4.98 Å². The highest BCUT2D eigenvalue weighted by Crippen LogP contribution is 2.19. The normalized spacial score (nSPS) is 11.2. The first-order chi connectivity index (χ1) is 9.44. The number of H-pyrrole nitrogens is 1. The minimum atomic E-state index is -3.74. The number of para-hydroxylation sites is 1. The number of rotatable bonds is 5. The molecule has 4 N–H and O–H groups in total. The molecule has 0 saturated carbocycles. The van der Waals surface area contributed by atoms with E-state index in [4.69, 9.17) is 18.0 Å². The fourth-order valence-electron chi connectivity index (χ4n) is 1.65. The Morgan fingerprint density at radius 1 is 1.45 bits per heavy atom. The molecule has 0 aliphatic heterocycles. The monoisotopic (exact) mass is 310 g/mol. The number of aromatic amines is 1. The standard InChI is InChI=1S/C12H14N4O2S2/c1-2-10-14-7-11(15-10)20(17,18)16-9-6-4-3-5-8(9)12(13)19/h3-7,16H,2H2,1H3,(H2,13,19)(H,14,15). The van der Waals surface area contributed by atoms with E-state index in [-0.39, 0.29) is 10.0 Å². The largest absolute Gasteiger partial charge is 0.389 e. The molecule has 2 rings (SSSR count). The SMILES string of the molecule is CCc1ncc(S(=O)(=O)Nc2ccccc2C(N)=S)[nH]1. The van der Waals surface area contributed by atoms with Crippen molar-refractivity contribution < 1.29 is 8.42 Å². The van der Waals surface area contributed by atoms with E-state index in [2.05, 4.69) is 14.7 Å². The molecular formula is C12H14N4O2S2. The summed E-state index contributed by atoms with van der Waals surface area (Å²) in [5, 5.41) is 0.00657. The number of hydrogen-bond donors (Lipinski definition) is 3. The van der Waals surface area contributed by atoms with E-state index >= 15 is 0 Å². The van der Waals surface area contributed by atoms with Crippen LogP contribution in [0.2, 0.25) is 0 Å². The van der Waals surface area contributed by atoms with Gasteiger partial charge in [-0.1, -0.05) is 31.3 Å². The zero-order chi connectivity index (χ0) is 14.8. The molecule has 0 aliphatic rings. The van der Waals surface area contributed by atoms with Crippen molar-refractivity contribution in [3.05, 3.63) is 41.9 Å². The molecule has 2 aromatic rings. The minimum Gasteiger partial charge on any atom is -0.389 e. The number of anilines is 1. The fraction of sp³-hybridized carbons (Fsp3) is 0.167. The predicted molar refractivity (Wildman–Crippen MR) is 81.1 cm³/mol. The Morgan fingerprint density at radius 2 is 2.15 bits per heavy atom. The van der Waals surface area contributed by atoms with Gasteiger partial charge < -0.3 is 10.7 Å². The molecule has 1 heterocycles. The molecule has 0 atom stereocenters. The summed E-state index contributed by atoms with van der Waals surface area (Å²) in [5.74, 6) is 0.605. The van der Waals surface area contributed by atoms with E-state index in [1.54, 1.807) is 24.3 Å². The topological polar surface area (TPSA) is 101 Å². The van der Waals surface area contributed by atoms with Crippen LogP contribution in [0.5, 0.6) is 0 Å². The maximum atomic E-state index is 12.2. The van der Waals surface area contributed by atoms with Crippen molar-refractivity contribution >= 4 is 32.9 Å². The third kappa shape index (κ3) is 2.97. The zero-order valence-electron chi connectivity index (χ0n) is 10.8. The van der Waals surface area contributed by atoms with Crippen LogP contribution in [0.15, 0.2) is 35.5 Å². The van der Waals surface area contributed by atoms with Crippen molar-refractivity contribution in [2.45, 2.75) is 18.4 Å². The number of nitrogens with one attached hydrogen (secondary N) is 2. The summed E-state index contributed by atoms with van der Waals surface area (Å²) in [6, 6.07) is 6.69. The second-order valence-corrected chi connectivity index (χ2v) is 6.15. The van der Waals surface area contributed by atoms with E-state index in [0.717, 1.165) is 0 Å². The Balaban J connectivity index is 2.36. The van der Waals surface area contributed by atoms with E-state index in [1.807, 2.05) is 6.92 Å². The Labute approximate surface area is 122 Å². The number of nitrogens with zero attached hydrogens (tertiary/aromatic N) is 1. The maximum Gasteiger partial charge on any atom is 0.279 e. The van der Waals surface area contributed by atoms with Crippen LogP contribution in [-0.2, 0) is 16.4 Å². The summed E-state index contributed by atoms with van der Waals surface area (Å²) in [5.41, 5.74) is 6.39. The van der Waals surface area contributed by atoms with Crippen LogP contribution in [-0.4, -0.2) is 23.4 Å². The van der Waals surface area contributed by atoms with E-state index in [1.165, 1.54) is 6.20 Å². The van der Waals surface area contributed by atoms with Gasteiger partial charge in [-0.3, -0.25) is 4.72 Å². The summed E-state index contributed by atoms with van der Waals surface area (Å²) in [6.45, 7) is 1.88. The second-order valence-electron chi connectivity index (χ2n) is 4.06. The molecule has 0 fully saturated rings. The number of thiocarbonyl (C=S) groups is 1. The van der Waals surface area contributed by atoms with Crippen molar-refractivity contribution in [1.82, 2.24) is 9.97 Å². The van der Waals surface area contributed by atoms with Gasteiger partial charge in [0, 0.05) is 12.0 Å². The smallest absolute Gasteiger partial charge is 0.279 e. The highest BCUT2D eigenvalue weighted by Gasteiger charge is 2.18. The fourth-order valence-corrected chi connectivity index (χ4v) is 2.85. The van der Waals surface area contributed by atoms with E-state index in [0.29, 0.717) is 23.5 Å². The number of benzene rings is 1. The average Bonchev–Trinajstić information content (AvgIpc) is 2.88. The Bertz CT molecular complexity index is 737. The van der Waals surface area contributed by atoms with Gasteiger partial charge in [-0.2, -0.15) is 8.42 Å². The third-order valence-corrected chi connectivity index (χ3v) is 4.16. The van der Waals surface area contributed by atoms with Crippen LogP contribution < -0.4 is 10.5 Å². The maximum absolute atomic E-state index is 12.2. The predicted octanol–water partition coefficient (Wildman–Crippen LogP) is 1.41. The summed E-state index contributed by atoms with van der Waals surface area (Å²) in [7, 11) is -3.74. The number of sulfonamides is 1. The number of aromatic nitrogens is 2. The Kier molecular flexibility index (Phi) is 4.05. The first-order valence-corrected chi connectivity index (χ1v) is 7.78. The van der Waals surface area contributed by atoms with Gasteiger partial charge in [0.05, 0.1) is 11.9 Å². The molecule has 0 unspecified atom stereocenters. The van der Waals surface area contributed by atoms with Crippen LogP contribution in [0.1, 0.15) is 18.3 Å². The lowest BCUT2D eigenvalue weighted by molar-refractivity contribution is 0.598. The highest BCUT2D eigenvalue weighted by molar-refractivity contribution is 7.92. The first-order valence-electron chi connectivity index (χ1n) is 5.89. The van der Waals surface area contributed by atoms with Gasteiger partial charge in [0.25, 0.3) is 10.0 Å². The molecule has 0 amide bonds. The van der Waals surface area contributed by atoms with Gasteiger partial charge in [0.1, 0.15) is 10.8 Å². The Morgan fingerprint density at radius 3 is 2.75 bits per heavy atom. The summed E-state index contributed by atoms with van der Waals surface area (Å²) >= 11 is 4.90. The lowest BCUT2D eigenvalue weighted by atomic mass is 10.2. The quantitative estimate of drug-likeness (QED) is 0.725. The van der Waals surface area contributed by atoms with Gasteiger partial charge in [0.15, 0.2) is 5.03 Å². The zero-order valence-corrected chi connectivity index (χ0v) is 12.4. The second kappa shape index (κ2) is 5.59. The van der Waals surface area contributed by atoms with E-state index < -0.39 is 10.0 Å². The van der Waals surface area contributed by atoms with Crippen LogP contribution in [0.25, 0.3) is 0 Å². The Hall–Kier alpha value is -1.93. The molecule has 8 heteroatoms. The van der Waals surface area contributed by atoms with Crippen molar-refractivity contribution in [2.24, 2.45) is 5.73 Å². The summed E-state index contributed by atoms with van der Waals surface area (Å²) < 4.78 is 26.9. The molecular weight excluding hydrogens is 296 g/mol. The van der Waals surface area contributed by atoms with Crippen LogP contribution in [0.3, 0.4) is 0 Å².